The molecule has 94 valence electrons. The predicted molar refractivity (Wildman–Crippen MR) is 68.1 cm³/mol. The summed E-state index contributed by atoms with van der Waals surface area (Å²) in [6.45, 7) is 0.766. The van der Waals surface area contributed by atoms with Gasteiger partial charge in [0.15, 0.2) is 0 Å². The molecule has 5 heteroatoms. The highest BCUT2D eigenvalue weighted by molar-refractivity contribution is 5.20. The molecule has 2 aromatic heterocycles. The number of nitrogens with two attached hydrogens (primary N) is 1. The summed E-state index contributed by atoms with van der Waals surface area (Å²) in [7, 11) is 1.71. The predicted octanol–water partition coefficient (Wildman–Crippen LogP) is 0.818. The van der Waals surface area contributed by atoms with Crippen molar-refractivity contribution in [3.63, 3.8) is 0 Å². The lowest BCUT2D eigenvalue weighted by Crippen LogP contribution is -2.15. The Kier molecular flexibility index (Phi) is 3.74. The Morgan fingerprint density at radius 2 is 2.17 bits per heavy atom. The summed E-state index contributed by atoms with van der Waals surface area (Å²) in [5, 5.41) is 0. The van der Waals surface area contributed by atoms with Gasteiger partial charge in [-0.05, 0) is 23.3 Å². The standard InChI is InChI=1S/C13H15N3O2/c1-16-5-3-11(7-13(16)17)9-18-12-6-10(8-14)2-4-15-12/h2-7H,8-9,14H2,1H3. The summed E-state index contributed by atoms with van der Waals surface area (Å²) in [5.41, 5.74) is 7.26. The molecule has 0 amide bonds. The van der Waals surface area contributed by atoms with Crippen LogP contribution >= 0.6 is 0 Å². The van der Waals surface area contributed by atoms with Crippen molar-refractivity contribution in [3.8, 4) is 5.88 Å². The van der Waals surface area contributed by atoms with Gasteiger partial charge in [0, 0.05) is 38.1 Å². The molecule has 0 aromatic carbocycles. The maximum absolute atomic E-state index is 11.4. The number of nitrogens with zero attached hydrogens (tertiary/aromatic N) is 2. The Labute approximate surface area is 105 Å². The van der Waals surface area contributed by atoms with Gasteiger partial charge < -0.3 is 15.0 Å². The summed E-state index contributed by atoms with van der Waals surface area (Å²) in [4.78, 5) is 15.5. The van der Waals surface area contributed by atoms with Crippen LogP contribution in [0.15, 0.2) is 41.5 Å². The molecular weight excluding hydrogens is 230 g/mol. The third-order valence-electron chi connectivity index (χ3n) is 2.59. The second-order valence-electron chi connectivity index (χ2n) is 3.98. The number of ether oxygens (including phenoxy) is 1. The zero-order valence-corrected chi connectivity index (χ0v) is 10.2. The van der Waals surface area contributed by atoms with Crippen LogP contribution in [0.3, 0.4) is 0 Å². The SMILES string of the molecule is Cn1ccc(COc2cc(CN)ccn2)cc1=O. The van der Waals surface area contributed by atoms with E-state index in [1.807, 2.05) is 12.1 Å². The van der Waals surface area contributed by atoms with Crippen molar-refractivity contribution in [1.82, 2.24) is 9.55 Å². The van der Waals surface area contributed by atoms with Gasteiger partial charge in [0.25, 0.3) is 5.56 Å². The molecule has 0 radical (unpaired) electrons. The van der Waals surface area contributed by atoms with Gasteiger partial charge in [-0.15, -0.1) is 0 Å². The molecule has 0 saturated carbocycles. The maximum Gasteiger partial charge on any atom is 0.250 e. The van der Waals surface area contributed by atoms with Crippen molar-refractivity contribution in [2.45, 2.75) is 13.2 Å². The van der Waals surface area contributed by atoms with E-state index in [2.05, 4.69) is 4.98 Å². The van der Waals surface area contributed by atoms with Crippen LogP contribution in [0.5, 0.6) is 5.88 Å². The second-order valence-corrected chi connectivity index (χ2v) is 3.98. The zero-order valence-electron chi connectivity index (χ0n) is 10.2. The largest absolute Gasteiger partial charge is 0.473 e. The van der Waals surface area contributed by atoms with Crippen molar-refractivity contribution in [2.75, 3.05) is 0 Å². The number of hydrogen-bond donors (Lipinski definition) is 1. The van der Waals surface area contributed by atoms with Crippen molar-refractivity contribution in [3.05, 3.63) is 58.1 Å². The van der Waals surface area contributed by atoms with Crippen LogP contribution in [0.1, 0.15) is 11.1 Å². The minimum absolute atomic E-state index is 0.0558. The molecule has 0 spiro atoms. The molecule has 0 atom stereocenters. The molecule has 2 heterocycles. The monoisotopic (exact) mass is 245 g/mol. The fourth-order valence-electron chi connectivity index (χ4n) is 1.49. The summed E-state index contributed by atoms with van der Waals surface area (Å²) >= 11 is 0. The Morgan fingerprint density at radius 3 is 2.89 bits per heavy atom. The molecule has 18 heavy (non-hydrogen) atoms. The van der Waals surface area contributed by atoms with E-state index in [-0.39, 0.29) is 5.56 Å². The Hall–Kier alpha value is -2.14. The first kappa shape index (κ1) is 12.3. The van der Waals surface area contributed by atoms with E-state index in [4.69, 9.17) is 10.5 Å². The van der Waals surface area contributed by atoms with Gasteiger partial charge in [-0.25, -0.2) is 4.98 Å². The molecule has 5 nitrogen and oxygen atoms in total. The molecule has 0 unspecified atom stereocenters. The highest BCUT2D eigenvalue weighted by Crippen LogP contribution is 2.10. The molecule has 0 fully saturated rings. The summed E-state index contributed by atoms with van der Waals surface area (Å²) in [5.74, 6) is 0.513. The molecule has 0 aliphatic carbocycles. The third kappa shape index (κ3) is 2.95. The number of aryl methyl sites for hydroxylation is 1. The van der Waals surface area contributed by atoms with E-state index in [1.54, 1.807) is 31.6 Å². The van der Waals surface area contributed by atoms with Crippen LogP contribution in [0, 0.1) is 0 Å². The van der Waals surface area contributed by atoms with E-state index >= 15 is 0 Å². The number of pyridine rings is 2. The van der Waals surface area contributed by atoms with Gasteiger partial charge in [-0.1, -0.05) is 0 Å². The van der Waals surface area contributed by atoms with Crippen LogP contribution in [0.25, 0.3) is 0 Å². The number of aromatic nitrogens is 2. The highest BCUT2D eigenvalue weighted by atomic mass is 16.5. The molecular formula is C13H15N3O2. The van der Waals surface area contributed by atoms with Gasteiger partial charge >= 0.3 is 0 Å². The quantitative estimate of drug-likeness (QED) is 0.865. The first-order valence-electron chi connectivity index (χ1n) is 5.62. The van der Waals surface area contributed by atoms with E-state index in [9.17, 15) is 4.79 Å². The van der Waals surface area contributed by atoms with Gasteiger partial charge in [-0.2, -0.15) is 0 Å². The van der Waals surface area contributed by atoms with E-state index in [0.29, 0.717) is 19.0 Å². The lowest BCUT2D eigenvalue weighted by Gasteiger charge is -2.06. The first-order valence-corrected chi connectivity index (χ1v) is 5.62. The van der Waals surface area contributed by atoms with Crippen LogP contribution in [-0.2, 0) is 20.2 Å². The van der Waals surface area contributed by atoms with Gasteiger partial charge in [0.05, 0.1) is 0 Å². The van der Waals surface area contributed by atoms with E-state index < -0.39 is 0 Å². The first-order chi connectivity index (χ1) is 8.69. The van der Waals surface area contributed by atoms with Crippen molar-refractivity contribution >= 4 is 0 Å². The fourth-order valence-corrected chi connectivity index (χ4v) is 1.49. The second kappa shape index (κ2) is 5.46. The molecule has 0 saturated heterocycles. The third-order valence-corrected chi connectivity index (χ3v) is 2.59. The van der Waals surface area contributed by atoms with Crippen LogP contribution < -0.4 is 16.0 Å². The minimum atomic E-state index is -0.0558. The van der Waals surface area contributed by atoms with E-state index in [0.717, 1.165) is 11.1 Å². The molecule has 2 aromatic rings. The molecule has 0 aliphatic heterocycles. The van der Waals surface area contributed by atoms with Crippen LogP contribution in [-0.4, -0.2) is 9.55 Å². The number of hydrogen-bond acceptors (Lipinski definition) is 4. The van der Waals surface area contributed by atoms with Crippen LogP contribution in [0.2, 0.25) is 0 Å². The molecule has 2 rings (SSSR count). The van der Waals surface area contributed by atoms with Crippen molar-refractivity contribution in [2.24, 2.45) is 12.8 Å². The lowest BCUT2D eigenvalue weighted by atomic mass is 10.2. The van der Waals surface area contributed by atoms with Gasteiger partial charge in [0.2, 0.25) is 5.88 Å². The summed E-state index contributed by atoms with van der Waals surface area (Å²) in [6.07, 6.45) is 3.37. The number of rotatable bonds is 4. The summed E-state index contributed by atoms with van der Waals surface area (Å²) < 4.78 is 7.03. The Morgan fingerprint density at radius 1 is 1.33 bits per heavy atom. The lowest BCUT2D eigenvalue weighted by molar-refractivity contribution is 0.293. The average molecular weight is 245 g/mol. The normalized spacial score (nSPS) is 10.3. The van der Waals surface area contributed by atoms with Gasteiger partial charge in [0.1, 0.15) is 6.61 Å². The molecule has 0 aliphatic rings. The highest BCUT2D eigenvalue weighted by Gasteiger charge is 2.00. The fraction of sp³-hybridized carbons (Fsp3) is 0.231. The van der Waals surface area contributed by atoms with Crippen molar-refractivity contribution in [1.29, 1.82) is 0 Å². The maximum atomic E-state index is 11.4. The van der Waals surface area contributed by atoms with Crippen molar-refractivity contribution < 1.29 is 4.74 Å². The average Bonchev–Trinajstić information content (AvgIpc) is 2.40. The smallest absolute Gasteiger partial charge is 0.250 e. The minimum Gasteiger partial charge on any atom is -0.473 e. The molecule has 2 N–H and O–H groups in total. The Bertz CT molecular complexity index is 593. The molecule has 0 bridgehead atoms. The van der Waals surface area contributed by atoms with Gasteiger partial charge in [-0.3, -0.25) is 4.79 Å². The zero-order chi connectivity index (χ0) is 13.0. The topological polar surface area (TPSA) is 70.1 Å². The van der Waals surface area contributed by atoms with E-state index in [1.165, 1.54) is 4.57 Å². The Balaban J connectivity index is 2.06. The summed E-state index contributed by atoms with van der Waals surface area (Å²) in [6, 6.07) is 7.02. The van der Waals surface area contributed by atoms with Crippen LogP contribution in [0.4, 0.5) is 0 Å².